The molecule has 0 bridgehead atoms. The lowest BCUT2D eigenvalue weighted by Crippen LogP contribution is -2.17. The van der Waals surface area contributed by atoms with E-state index >= 15 is 0 Å². The average molecular weight is 230 g/mol. The smallest absolute Gasteiger partial charge is 0.133 e. The van der Waals surface area contributed by atoms with Crippen molar-refractivity contribution in [2.75, 3.05) is 0 Å². The number of carbonyl (C=O) groups is 1. The Balaban J connectivity index is 2.15. The van der Waals surface area contributed by atoms with E-state index in [1.807, 2.05) is 0 Å². The molecule has 0 heterocycles. The number of benzene rings is 1. The van der Waals surface area contributed by atoms with E-state index in [-0.39, 0.29) is 0 Å². The van der Waals surface area contributed by atoms with E-state index in [0.717, 1.165) is 25.7 Å². The Hall–Kier alpha value is -1.11. The van der Waals surface area contributed by atoms with E-state index < -0.39 is 0 Å². The fraction of sp³-hybridized carbons (Fsp3) is 0.562. The Morgan fingerprint density at radius 1 is 1.18 bits per heavy atom. The summed E-state index contributed by atoms with van der Waals surface area (Å²) in [5.41, 5.74) is 5.58. The minimum absolute atomic E-state index is 0.462. The van der Waals surface area contributed by atoms with Crippen LogP contribution in [0.25, 0.3) is 0 Å². The number of rotatable bonds is 2. The summed E-state index contributed by atoms with van der Waals surface area (Å²) in [5, 5.41) is 0. The Kier molecular flexibility index (Phi) is 3.66. The highest BCUT2D eigenvalue weighted by molar-refractivity contribution is 5.79. The molecular weight excluding hydrogens is 208 g/mol. The minimum Gasteiger partial charge on any atom is -0.300 e. The van der Waals surface area contributed by atoms with E-state index in [1.54, 1.807) is 0 Å². The van der Waals surface area contributed by atoms with Gasteiger partial charge < -0.3 is 0 Å². The maximum Gasteiger partial charge on any atom is 0.133 e. The highest BCUT2D eigenvalue weighted by atomic mass is 16.1. The SMILES string of the molecule is Cc1cc(C)c(CC2CCCC(=O)C2)c(C)c1. The van der Waals surface area contributed by atoms with E-state index in [9.17, 15) is 4.79 Å². The summed E-state index contributed by atoms with van der Waals surface area (Å²) in [6.45, 7) is 6.54. The molecule has 1 heteroatoms. The van der Waals surface area contributed by atoms with E-state index in [1.165, 1.54) is 28.7 Å². The fourth-order valence-corrected chi connectivity index (χ4v) is 3.11. The standard InChI is InChI=1S/C16H22O/c1-11-7-12(2)16(13(3)8-11)10-14-5-4-6-15(17)9-14/h7-8,14H,4-6,9-10H2,1-3H3. The first kappa shape index (κ1) is 12.3. The van der Waals surface area contributed by atoms with Crippen molar-refractivity contribution in [2.45, 2.75) is 52.9 Å². The zero-order chi connectivity index (χ0) is 12.4. The van der Waals surface area contributed by atoms with Gasteiger partial charge in [0.15, 0.2) is 0 Å². The average Bonchev–Trinajstić information content (AvgIpc) is 2.23. The summed E-state index contributed by atoms with van der Waals surface area (Å²) in [6, 6.07) is 4.51. The summed E-state index contributed by atoms with van der Waals surface area (Å²) in [5.74, 6) is 1.04. The molecule has 0 aromatic heterocycles. The van der Waals surface area contributed by atoms with Gasteiger partial charge in [0, 0.05) is 12.8 Å². The molecule has 1 fully saturated rings. The normalized spacial score (nSPS) is 20.6. The summed E-state index contributed by atoms with van der Waals surface area (Å²) < 4.78 is 0. The summed E-state index contributed by atoms with van der Waals surface area (Å²) in [6.07, 6.45) is 5.00. The van der Waals surface area contributed by atoms with Gasteiger partial charge in [0.1, 0.15) is 5.78 Å². The summed E-state index contributed by atoms with van der Waals surface area (Å²) >= 11 is 0. The fourth-order valence-electron chi connectivity index (χ4n) is 3.11. The molecular formula is C16H22O. The van der Waals surface area contributed by atoms with Gasteiger partial charge in [-0.3, -0.25) is 4.79 Å². The molecule has 0 spiro atoms. The molecule has 1 aromatic carbocycles. The highest BCUT2D eigenvalue weighted by Gasteiger charge is 2.20. The summed E-state index contributed by atoms with van der Waals surface area (Å²) in [4.78, 5) is 11.5. The monoisotopic (exact) mass is 230 g/mol. The molecule has 1 aromatic rings. The molecule has 0 radical (unpaired) electrons. The lowest BCUT2D eigenvalue weighted by atomic mass is 9.82. The number of carbonyl (C=O) groups excluding carboxylic acids is 1. The van der Waals surface area contributed by atoms with Gasteiger partial charge in [-0.2, -0.15) is 0 Å². The van der Waals surface area contributed by atoms with Crippen LogP contribution in [0.5, 0.6) is 0 Å². The van der Waals surface area contributed by atoms with Crippen LogP contribution in [0.2, 0.25) is 0 Å². The first-order valence-corrected chi connectivity index (χ1v) is 6.64. The summed E-state index contributed by atoms with van der Waals surface area (Å²) in [7, 11) is 0. The first-order valence-electron chi connectivity index (χ1n) is 6.64. The van der Waals surface area contributed by atoms with Crippen LogP contribution in [0.4, 0.5) is 0 Å². The number of hydrogen-bond donors (Lipinski definition) is 0. The molecule has 0 aliphatic heterocycles. The van der Waals surface area contributed by atoms with Gasteiger partial charge in [-0.1, -0.05) is 17.7 Å². The van der Waals surface area contributed by atoms with Crippen LogP contribution < -0.4 is 0 Å². The van der Waals surface area contributed by atoms with Crippen molar-refractivity contribution in [3.63, 3.8) is 0 Å². The Morgan fingerprint density at radius 2 is 1.82 bits per heavy atom. The molecule has 1 nitrogen and oxygen atoms in total. The van der Waals surface area contributed by atoms with E-state index in [0.29, 0.717) is 11.7 Å². The van der Waals surface area contributed by atoms with Crippen molar-refractivity contribution in [1.29, 1.82) is 0 Å². The minimum atomic E-state index is 0.462. The van der Waals surface area contributed by atoms with Crippen molar-refractivity contribution >= 4 is 5.78 Å². The van der Waals surface area contributed by atoms with Gasteiger partial charge in [-0.25, -0.2) is 0 Å². The van der Waals surface area contributed by atoms with Crippen LogP contribution >= 0.6 is 0 Å². The maximum absolute atomic E-state index is 11.5. The lowest BCUT2D eigenvalue weighted by Gasteiger charge is -2.22. The van der Waals surface area contributed by atoms with Gasteiger partial charge in [-0.05, 0) is 62.6 Å². The van der Waals surface area contributed by atoms with Crippen LogP contribution in [0.15, 0.2) is 12.1 Å². The quantitative estimate of drug-likeness (QED) is 0.752. The second-order valence-electron chi connectivity index (χ2n) is 5.58. The molecule has 0 saturated heterocycles. The van der Waals surface area contributed by atoms with Gasteiger partial charge >= 0.3 is 0 Å². The topological polar surface area (TPSA) is 17.1 Å². The number of ketones is 1. The molecule has 1 aliphatic rings. The molecule has 1 saturated carbocycles. The van der Waals surface area contributed by atoms with Crippen molar-refractivity contribution in [3.8, 4) is 0 Å². The molecule has 92 valence electrons. The van der Waals surface area contributed by atoms with Gasteiger partial charge in [0.05, 0.1) is 0 Å². The zero-order valence-corrected chi connectivity index (χ0v) is 11.2. The van der Waals surface area contributed by atoms with E-state index in [2.05, 4.69) is 32.9 Å². The molecule has 0 amide bonds. The lowest BCUT2D eigenvalue weighted by molar-refractivity contribution is -0.121. The van der Waals surface area contributed by atoms with E-state index in [4.69, 9.17) is 0 Å². The predicted molar refractivity (Wildman–Crippen MR) is 71.3 cm³/mol. The Labute approximate surface area is 104 Å². The van der Waals surface area contributed by atoms with Crippen LogP contribution in [-0.2, 0) is 11.2 Å². The van der Waals surface area contributed by atoms with Crippen molar-refractivity contribution in [2.24, 2.45) is 5.92 Å². The molecule has 1 aliphatic carbocycles. The van der Waals surface area contributed by atoms with Crippen molar-refractivity contribution in [3.05, 3.63) is 34.4 Å². The van der Waals surface area contributed by atoms with Crippen LogP contribution in [0.3, 0.4) is 0 Å². The third kappa shape index (κ3) is 2.96. The highest BCUT2D eigenvalue weighted by Crippen LogP contribution is 2.28. The zero-order valence-electron chi connectivity index (χ0n) is 11.2. The van der Waals surface area contributed by atoms with Crippen LogP contribution in [0.1, 0.15) is 47.9 Å². The second-order valence-corrected chi connectivity index (χ2v) is 5.58. The molecule has 0 N–H and O–H groups in total. The van der Waals surface area contributed by atoms with Crippen LogP contribution in [0, 0.1) is 26.7 Å². The third-order valence-corrected chi connectivity index (χ3v) is 3.92. The molecule has 17 heavy (non-hydrogen) atoms. The predicted octanol–water partition coefficient (Wildman–Crippen LogP) is 3.91. The van der Waals surface area contributed by atoms with Crippen molar-refractivity contribution in [1.82, 2.24) is 0 Å². The van der Waals surface area contributed by atoms with Crippen LogP contribution in [-0.4, -0.2) is 5.78 Å². The molecule has 1 unspecified atom stereocenters. The number of Topliss-reactive ketones (excluding diaryl/α,β-unsaturated/α-hetero) is 1. The maximum atomic E-state index is 11.5. The number of hydrogen-bond acceptors (Lipinski definition) is 1. The Bertz CT molecular complexity index is 408. The largest absolute Gasteiger partial charge is 0.300 e. The molecule has 2 rings (SSSR count). The third-order valence-electron chi connectivity index (χ3n) is 3.92. The molecule has 1 atom stereocenters. The second kappa shape index (κ2) is 5.03. The Morgan fingerprint density at radius 3 is 2.41 bits per heavy atom. The van der Waals surface area contributed by atoms with Gasteiger partial charge in [0.2, 0.25) is 0 Å². The number of aryl methyl sites for hydroxylation is 3. The first-order chi connectivity index (χ1) is 8.06. The van der Waals surface area contributed by atoms with Crippen molar-refractivity contribution < 1.29 is 4.79 Å². The van der Waals surface area contributed by atoms with Gasteiger partial charge in [0.25, 0.3) is 0 Å². The van der Waals surface area contributed by atoms with Gasteiger partial charge in [-0.15, -0.1) is 0 Å².